The van der Waals surface area contributed by atoms with E-state index in [-0.39, 0.29) is 16.6 Å². The first kappa shape index (κ1) is 16.7. The van der Waals surface area contributed by atoms with E-state index >= 15 is 0 Å². The topological polar surface area (TPSA) is 110 Å². The first-order chi connectivity index (χ1) is 12.0. The van der Waals surface area contributed by atoms with Gasteiger partial charge in [0, 0.05) is 12.3 Å². The second kappa shape index (κ2) is 7.14. The number of aryl methyl sites for hydroxylation is 2. The molecule has 2 aromatic heterocycles. The van der Waals surface area contributed by atoms with Gasteiger partial charge in [-0.3, -0.25) is 0 Å². The van der Waals surface area contributed by atoms with Crippen LogP contribution in [0.5, 0.6) is 11.6 Å². The Kier molecular flexibility index (Phi) is 4.75. The zero-order chi connectivity index (χ0) is 17.8. The van der Waals surface area contributed by atoms with E-state index in [1.807, 2.05) is 0 Å². The van der Waals surface area contributed by atoms with Crippen molar-refractivity contribution in [2.24, 2.45) is 10.2 Å². The number of thiazole rings is 1. The van der Waals surface area contributed by atoms with Crippen LogP contribution in [0.4, 0.5) is 10.7 Å². The van der Waals surface area contributed by atoms with Gasteiger partial charge in [0.2, 0.25) is 10.9 Å². The van der Waals surface area contributed by atoms with Crippen molar-refractivity contribution in [2.45, 2.75) is 13.8 Å². The molecule has 0 aliphatic carbocycles. The quantitative estimate of drug-likeness (QED) is 0.561. The molecule has 0 saturated heterocycles. The minimum Gasteiger partial charge on any atom is -0.507 e. The summed E-state index contributed by atoms with van der Waals surface area (Å²) in [6.45, 7) is 3.57. The molecule has 0 unspecified atom stereocenters. The van der Waals surface area contributed by atoms with E-state index in [4.69, 9.17) is 4.74 Å². The van der Waals surface area contributed by atoms with Gasteiger partial charge in [-0.05, 0) is 37.1 Å². The number of carbonyl (C=O) groups excluding carboxylic acids is 1. The third-order valence-electron chi connectivity index (χ3n) is 3.16. The van der Waals surface area contributed by atoms with Gasteiger partial charge >= 0.3 is 5.97 Å². The van der Waals surface area contributed by atoms with E-state index in [0.29, 0.717) is 21.8 Å². The molecule has 9 heteroatoms. The number of rotatable bonds is 4. The number of phenols is 1. The number of aromatic hydroxyl groups is 1. The number of benzene rings is 1. The normalized spacial score (nSPS) is 11.0. The lowest BCUT2D eigenvalue weighted by atomic mass is 10.1. The Balaban J connectivity index is 1.72. The van der Waals surface area contributed by atoms with Gasteiger partial charge in [-0.15, -0.1) is 10.2 Å². The lowest BCUT2D eigenvalue weighted by molar-refractivity contribution is 0.0727. The Hall–Kier alpha value is -3.20. The predicted octanol–water partition coefficient (Wildman–Crippen LogP) is 3.89. The number of nitrogens with zero attached hydrogens (tertiary/aromatic N) is 5. The molecule has 0 atom stereocenters. The highest BCUT2D eigenvalue weighted by atomic mass is 32.1. The number of aromatic nitrogens is 3. The molecule has 25 heavy (non-hydrogen) atoms. The molecule has 0 bridgehead atoms. The molecule has 0 amide bonds. The summed E-state index contributed by atoms with van der Waals surface area (Å²) in [4.78, 5) is 23.5. The number of phenolic OH excluding ortho intramolecular Hbond substituents is 1. The van der Waals surface area contributed by atoms with Crippen molar-refractivity contribution in [3.05, 3.63) is 53.1 Å². The largest absolute Gasteiger partial charge is 0.507 e. The van der Waals surface area contributed by atoms with Gasteiger partial charge in [-0.2, -0.15) is 0 Å². The van der Waals surface area contributed by atoms with E-state index < -0.39 is 5.97 Å². The summed E-state index contributed by atoms with van der Waals surface area (Å²) in [5.74, 6) is -0.235. The number of hydrogen-bond acceptors (Lipinski definition) is 9. The van der Waals surface area contributed by atoms with Crippen LogP contribution >= 0.6 is 11.3 Å². The summed E-state index contributed by atoms with van der Waals surface area (Å²) < 4.78 is 5.08. The number of hydrogen-bond donors (Lipinski definition) is 1. The molecule has 3 rings (SSSR count). The predicted molar refractivity (Wildman–Crippen MR) is 90.9 cm³/mol. The molecule has 0 fully saturated rings. The van der Waals surface area contributed by atoms with Gasteiger partial charge in [0.25, 0.3) is 0 Å². The maximum absolute atomic E-state index is 12.0. The fraction of sp³-hybridized carbons (Fsp3) is 0.125. The van der Waals surface area contributed by atoms with E-state index in [1.165, 1.54) is 24.8 Å². The molecule has 2 heterocycles. The summed E-state index contributed by atoms with van der Waals surface area (Å²) in [5.41, 5.74) is 2.03. The van der Waals surface area contributed by atoms with Gasteiger partial charge < -0.3 is 9.84 Å². The minimum absolute atomic E-state index is 0.144. The summed E-state index contributed by atoms with van der Waals surface area (Å²) in [6, 6.07) is 4.91. The molecule has 8 nitrogen and oxygen atoms in total. The van der Waals surface area contributed by atoms with Crippen molar-refractivity contribution in [2.75, 3.05) is 0 Å². The molecule has 126 valence electrons. The monoisotopic (exact) mass is 355 g/mol. The molecule has 1 aromatic carbocycles. The van der Waals surface area contributed by atoms with Gasteiger partial charge in [0.05, 0.1) is 11.9 Å². The van der Waals surface area contributed by atoms with Crippen LogP contribution in [0.1, 0.15) is 20.9 Å². The molecule has 3 aromatic rings. The molecule has 0 aliphatic rings. The lowest BCUT2D eigenvalue weighted by Crippen LogP contribution is -2.08. The second-order valence-electron chi connectivity index (χ2n) is 5.07. The fourth-order valence-electron chi connectivity index (χ4n) is 1.98. The molecule has 0 saturated carbocycles. The van der Waals surface area contributed by atoms with Crippen LogP contribution in [0, 0.1) is 13.8 Å². The molecule has 0 radical (unpaired) electrons. The third kappa shape index (κ3) is 4.01. The Labute approximate surface area is 146 Å². The SMILES string of the molecule is Cc1cc(/N=N/c2cnc(C(=O)Oc3ccncn3)s2)cc(C)c1O. The van der Waals surface area contributed by atoms with E-state index in [9.17, 15) is 9.90 Å². The number of ether oxygens (including phenoxy) is 1. The Bertz CT molecular complexity index is 917. The number of esters is 1. The summed E-state index contributed by atoms with van der Waals surface area (Å²) in [5, 5.41) is 18.5. The van der Waals surface area contributed by atoms with E-state index in [0.717, 1.165) is 11.3 Å². The Morgan fingerprint density at radius 3 is 2.64 bits per heavy atom. The van der Waals surface area contributed by atoms with E-state index in [1.54, 1.807) is 26.0 Å². The zero-order valence-electron chi connectivity index (χ0n) is 13.4. The van der Waals surface area contributed by atoms with E-state index in [2.05, 4.69) is 25.2 Å². The Morgan fingerprint density at radius 2 is 1.96 bits per heavy atom. The first-order valence-electron chi connectivity index (χ1n) is 7.19. The highest BCUT2D eigenvalue weighted by molar-refractivity contribution is 7.17. The van der Waals surface area contributed by atoms with Crippen molar-refractivity contribution in [1.29, 1.82) is 0 Å². The maximum atomic E-state index is 12.0. The van der Waals surface area contributed by atoms with Gasteiger partial charge in [0.15, 0.2) is 5.00 Å². The second-order valence-corrected chi connectivity index (χ2v) is 6.08. The first-order valence-corrected chi connectivity index (χ1v) is 8.00. The summed E-state index contributed by atoms with van der Waals surface area (Å²) in [6.07, 6.45) is 4.19. The average Bonchev–Trinajstić information content (AvgIpc) is 3.08. The van der Waals surface area contributed by atoms with Gasteiger partial charge in [-0.1, -0.05) is 11.3 Å². The van der Waals surface area contributed by atoms with Crippen LogP contribution in [-0.4, -0.2) is 26.0 Å². The van der Waals surface area contributed by atoms with Gasteiger partial charge in [-0.25, -0.2) is 19.7 Å². The standard InChI is InChI=1S/C16H13N5O3S/c1-9-5-11(6-10(2)14(9)22)20-21-13-7-18-15(25-13)16(23)24-12-3-4-17-8-19-12/h3-8,22H,1-2H3/b21-20+. The number of azo groups is 1. The minimum atomic E-state index is -0.624. The third-order valence-corrected chi connectivity index (χ3v) is 4.02. The van der Waals surface area contributed by atoms with Crippen LogP contribution in [0.25, 0.3) is 0 Å². The Morgan fingerprint density at radius 1 is 1.20 bits per heavy atom. The van der Waals surface area contributed by atoms with Crippen LogP contribution in [0.15, 0.2) is 47.1 Å². The molecular formula is C16H13N5O3S. The highest BCUT2D eigenvalue weighted by Gasteiger charge is 2.14. The fourth-order valence-corrected chi connectivity index (χ4v) is 2.60. The average molecular weight is 355 g/mol. The molecular weight excluding hydrogens is 342 g/mol. The van der Waals surface area contributed by atoms with Crippen molar-refractivity contribution < 1.29 is 14.6 Å². The maximum Gasteiger partial charge on any atom is 0.374 e. The highest BCUT2D eigenvalue weighted by Crippen LogP contribution is 2.30. The summed E-state index contributed by atoms with van der Waals surface area (Å²) >= 11 is 1.05. The van der Waals surface area contributed by atoms with Gasteiger partial charge in [0.1, 0.15) is 12.1 Å². The van der Waals surface area contributed by atoms with Crippen molar-refractivity contribution in [3.63, 3.8) is 0 Å². The lowest BCUT2D eigenvalue weighted by Gasteiger charge is -2.03. The van der Waals surface area contributed by atoms with Crippen LogP contribution in [-0.2, 0) is 0 Å². The smallest absolute Gasteiger partial charge is 0.374 e. The van der Waals surface area contributed by atoms with Crippen molar-refractivity contribution in [1.82, 2.24) is 15.0 Å². The summed E-state index contributed by atoms with van der Waals surface area (Å²) in [7, 11) is 0. The molecule has 1 N–H and O–H groups in total. The van der Waals surface area contributed by atoms with Crippen molar-refractivity contribution in [3.8, 4) is 11.6 Å². The van der Waals surface area contributed by atoms with Crippen molar-refractivity contribution >= 4 is 28.0 Å². The van der Waals surface area contributed by atoms with Crippen LogP contribution < -0.4 is 4.74 Å². The van der Waals surface area contributed by atoms with Crippen LogP contribution in [0.2, 0.25) is 0 Å². The molecule has 0 spiro atoms. The van der Waals surface area contributed by atoms with Crippen LogP contribution in [0.3, 0.4) is 0 Å². The number of carbonyl (C=O) groups is 1. The molecule has 0 aliphatic heterocycles. The zero-order valence-corrected chi connectivity index (χ0v) is 14.2.